The highest BCUT2D eigenvalue weighted by Gasteiger charge is 2.34. The molecule has 2 N–H and O–H groups in total. The normalized spacial score (nSPS) is 21.9. The van der Waals surface area contributed by atoms with Crippen molar-refractivity contribution in [2.45, 2.75) is 52.5 Å². The number of rotatable bonds is 5. The van der Waals surface area contributed by atoms with E-state index in [9.17, 15) is 14.7 Å². The number of fused-ring (bicyclic) bond motifs is 1. The summed E-state index contributed by atoms with van der Waals surface area (Å²) in [4.78, 5) is 30.5. The average Bonchev–Trinajstić information content (AvgIpc) is 2.62. The van der Waals surface area contributed by atoms with E-state index in [4.69, 9.17) is 4.99 Å². The van der Waals surface area contributed by atoms with E-state index in [2.05, 4.69) is 30.4 Å². The lowest BCUT2D eigenvalue weighted by molar-refractivity contribution is -0.138. The van der Waals surface area contributed by atoms with Crippen molar-refractivity contribution in [1.82, 2.24) is 10.2 Å². The van der Waals surface area contributed by atoms with E-state index in [0.717, 1.165) is 31.5 Å². The summed E-state index contributed by atoms with van der Waals surface area (Å²) in [5, 5.41) is 12.3. The molecule has 6 heteroatoms. The van der Waals surface area contributed by atoms with Crippen LogP contribution in [0.15, 0.2) is 23.2 Å². The fraction of sp³-hybridized carbons (Fsp3) is 0.591. The molecule has 28 heavy (non-hydrogen) atoms. The highest BCUT2D eigenvalue weighted by Crippen LogP contribution is 2.32. The number of nitrogens with one attached hydrogen (secondary N) is 1. The smallest absolute Gasteiger partial charge is 0.317 e. The molecule has 0 bridgehead atoms. The SMILES string of the molecule is Cc1ccc2c(c1)C(CC1CN(C(=O)NC(C)C)CCC1CC(=O)O)=NCC2. The Morgan fingerprint density at radius 3 is 2.82 bits per heavy atom. The topological polar surface area (TPSA) is 82.0 Å². The number of aliphatic carboxylic acids is 1. The number of urea groups is 1. The third-order valence-electron chi connectivity index (χ3n) is 5.74. The predicted octanol–water partition coefficient (Wildman–Crippen LogP) is 3.26. The van der Waals surface area contributed by atoms with Crippen molar-refractivity contribution in [2.75, 3.05) is 19.6 Å². The second-order valence-electron chi connectivity index (χ2n) is 8.40. The molecule has 0 spiro atoms. The fourth-order valence-electron chi connectivity index (χ4n) is 4.32. The number of piperidine rings is 1. The van der Waals surface area contributed by atoms with E-state index >= 15 is 0 Å². The van der Waals surface area contributed by atoms with Gasteiger partial charge in [0.2, 0.25) is 0 Å². The molecule has 2 heterocycles. The average molecular weight is 386 g/mol. The van der Waals surface area contributed by atoms with Gasteiger partial charge in [0.1, 0.15) is 0 Å². The molecule has 0 radical (unpaired) electrons. The van der Waals surface area contributed by atoms with E-state index in [1.165, 1.54) is 16.7 Å². The molecule has 2 atom stereocenters. The molecule has 0 saturated carbocycles. The summed E-state index contributed by atoms with van der Waals surface area (Å²) in [6.07, 6.45) is 2.54. The quantitative estimate of drug-likeness (QED) is 0.816. The van der Waals surface area contributed by atoms with Crippen molar-refractivity contribution in [2.24, 2.45) is 16.8 Å². The maximum Gasteiger partial charge on any atom is 0.317 e. The number of carbonyl (C=O) groups is 2. The maximum atomic E-state index is 12.5. The summed E-state index contributed by atoms with van der Waals surface area (Å²) in [6.45, 7) is 7.94. The lowest BCUT2D eigenvalue weighted by Gasteiger charge is -2.39. The van der Waals surface area contributed by atoms with Crippen LogP contribution in [0.5, 0.6) is 0 Å². The summed E-state index contributed by atoms with van der Waals surface area (Å²) >= 11 is 0. The largest absolute Gasteiger partial charge is 0.481 e. The van der Waals surface area contributed by atoms with Gasteiger partial charge in [-0.1, -0.05) is 17.7 Å². The van der Waals surface area contributed by atoms with Crippen LogP contribution in [0.3, 0.4) is 0 Å². The standard InChI is InChI=1S/C22H31N3O3/c1-14(2)24-22(28)25-9-7-17(12-21(26)27)18(13-25)11-20-19-10-15(3)4-5-16(19)6-8-23-20/h4-5,10,14,17-18H,6-9,11-13H2,1-3H3,(H,24,28)(H,26,27). The highest BCUT2D eigenvalue weighted by atomic mass is 16.4. The number of aliphatic imine (C=N–C) groups is 1. The highest BCUT2D eigenvalue weighted by molar-refractivity contribution is 6.03. The number of hydrogen-bond acceptors (Lipinski definition) is 3. The number of likely N-dealkylation sites (tertiary alicyclic amines) is 1. The third kappa shape index (κ3) is 4.91. The first-order chi connectivity index (χ1) is 13.3. The first kappa shape index (κ1) is 20.4. The van der Waals surface area contributed by atoms with Gasteiger partial charge in [-0.2, -0.15) is 0 Å². The molecule has 0 aliphatic carbocycles. The molecule has 2 amide bonds. The van der Waals surface area contributed by atoms with Gasteiger partial charge >= 0.3 is 12.0 Å². The number of hydrogen-bond donors (Lipinski definition) is 2. The Kier molecular flexibility index (Phi) is 6.37. The van der Waals surface area contributed by atoms with Crippen LogP contribution in [0, 0.1) is 18.8 Å². The van der Waals surface area contributed by atoms with Crippen molar-refractivity contribution in [1.29, 1.82) is 0 Å². The second-order valence-corrected chi connectivity index (χ2v) is 8.40. The van der Waals surface area contributed by atoms with Crippen LogP contribution in [-0.2, 0) is 11.2 Å². The van der Waals surface area contributed by atoms with E-state index < -0.39 is 5.97 Å². The number of benzene rings is 1. The van der Waals surface area contributed by atoms with Crippen LogP contribution in [0.4, 0.5) is 4.79 Å². The minimum atomic E-state index is -0.767. The van der Waals surface area contributed by atoms with Gasteiger partial charge in [-0.15, -0.1) is 0 Å². The Hall–Kier alpha value is -2.37. The molecule has 2 aliphatic rings. The van der Waals surface area contributed by atoms with Gasteiger partial charge in [0.25, 0.3) is 0 Å². The van der Waals surface area contributed by atoms with Crippen molar-refractivity contribution in [3.8, 4) is 0 Å². The monoisotopic (exact) mass is 385 g/mol. The Balaban J connectivity index is 1.79. The number of carboxylic acid groups (broad SMARTS) is 1. The minimum absolute atomic E-state index is 0.0596. The van der Waals surface area contributed by atoms with Gasteiger partial charge in [-0.3, -0.25) is 9.79 Å². The molecule has 1 saturated heterocycles. The summed E-state index contributed by atoms with van der Waals surface area (Å²) in [6, 6.07) is 6.52. The predicted molar refractivity (Wildman–Crippen MR) is 110 cm³/mol. The minimum Gasteiger partial charge on any atom is -0.481 e. The Bertz CT molecular complexity index is 772. The molecule has 152 valence electrons. The van der Waals surface area contributed by atoms with Crippen molar-refractivity contribution < 1.29 is 14.7 Å². The zero-order valence-electron chi connectivity index (χ0n) is 17.1. The molecule has 6 nitrogen and oxygen atoms in total. The van der Waals surface area contributed by atoms with Crippen LogP contribution in [0.1, 0.15) is 49.8 Å². The number of carboxylic acids is 1. The van der Waals surface area contributed by atoms with Crippen molar-refractivity contribution >= 4 is 17.7 Å². The maximum absolute atomic E-state index is 12.5. The number of carbonyl (C=O) groups excluding carboxylic acids is 1. The third-order valence-corrected chi connectivity index (χ3v) is 5.74. The lowest BCUT2D eigenvalue weighted by atomic mass is 9.78. The zero-order valence-corrected chi connectivity index (χ0v) is 17.1. The summed E-state index contributed by atoms with van der Waals surface area (Å²) in [5.74, 6) is -0.594. The molecule has 1 aromatic carbocycles. The van der Waals surface area contributed by atoms with Gasteiger partial charge in [-0.25, -0.2) is 4.79 Å². The van der Waals surface area contributed by atoms with Gasteiger partial charge in [0, 0.05) is 37.8 Å². The Morgan fingerprint density at radius 1 is 1.32 bits per heavy atom. The van der Waals surface area contributed by atoms with Crippen LogP contribution in [-0.4, -0.2) is 53.4 Å². The van der Waals surface area contributed by atoms with E-state index in [-0.39, 0.29) is 30.3 Å². The first-order valence-electron chi connectivity index (χ1n) is 10.2. The van der Waals surface area contributed by atoms with Gasteiger partial charge in [0.05, 0.1) is 0 Å². The zero-order chi connectivity index (χ0) is 20.3. The molecule has 2 aliphatic heterocycles. The fourth-order valence-corrected chi connectivity index (χ4v) is 4.32. The molecular formula is C22H31N3O3. The van der Waals surface area contributed by atoms with Crippen LogP contribution in [0.2, 0.25) is 0 Å². The van der Waals surface area contributed by atoms with E-state index in [1.54, 1.807) is 0 Å². The van der Waals surface area contributed by atoms with Gasteiger partial charge < -0.3 is 15.3 Å². The Morgan fingerprint density at radius 2 is 2.11 bits per heavy atom. The summed E-state index contributed by atoms with van der Waals surface area (Å²) in [5.41, 5.74) is 4.79. The summed E-state index contributed by atoms with van der Waals surface area (Å²) in [7, 11) is 0. The second kappa shape index (κ2) is 8.76. The summed E-state index contributed by atoms with van der Waals surface area (Å²) < 4.78 is 0. The number of amides is 2. The van der Waals surface area contributed by atoms with E-state index in [0.29, 0.717) is 13.1 Å². The van der Waals surface area contributed by atoms with Gasteiger partial charge in [0.15, 0.2) is 0 Å². The molecular weight excluding hydrogens is 354 g/mol. The van der Waals surface area contributed by atoms with Crippen molar-refractivity contribution in [3.63, 3.8) is 0 Å². The van der Waals surface area contributed by atoms with Crippen molar-refractivity contribution in [3.05, 3.63) is 34.9 Å². The molecule has 1 aromatic rings. The molecule has 2 unspecified atom stereocenters. The Labute approximate surface area is 167 Å². The number of nitrogens with zero attached hydrogens (tertiary/aromatic N) is 2. The van der Waals surface area contributed by atoms with Gasteiger partial charge in [-0.05, 0) is 69.1 Å². The number of aryl methyl sites for hydroxylation is 1. The van der Waals surface area contributed by atoms with Crippen LogP contribution in [0.25, 0.3) is 0 Å². The van der Waals surface area contributed by atoms with Crippen LogP contribution >= 0.6 is 0 Å². The van der Waals surface area contributed by atoms with E-state index in [1.807, 2.05) is 18.7 Å². The lowest BCUT2D eigenvalue weighted by Crippen LogP contribution is -2.50. The molecule has 1 fully saturated rings. The van der Waals surface area contributed by atoms with Crippen LogP contribution < -0.4 is 5.32 Å². The molecule has 3 rings (SSSR count). The molecule has 0 aromatic heterocycles. The first-order valence-corrected chi connectivity index (χ1v) is 10.2.